The number of ether oxygens (including phenoxy) is 2. The average molecular weight is 244 g/mol. The Morgan fingerprint density at radius 3 is 3.00 bits per heavy atom. The van der Waals surface area contributed by atoms with Crippen LogP contribution in [0.2, 0.25) is 0 Å². The Labute approximate surface area is 101 Å². The van der Waals surface area contributed by atoms with Crippen LogP contribution in [0.25, 0.3) is 0 Å². The van der Waals surface area contributed by atoms with Crippen molar-refractivity contribution >= 4 is 5.91 Å². The Kier molecular flexibility index (Phi) is 4.33. The van der Waals surface area contributed by atoms with Gasteiger partial charge in [-0.2, -0.15) is 0 Å². The number of nitrogens with zero attached hydrogens (tertiary/aromatic N) is 1. The summed E-state index contributed by atoms with van der Waals surface area (Å²) in [5.41, 5.74) is 0. The summed E-state index contributed by atoms with van der Waals surface area (Å²) in [6, 6.07) is -0.277. The topological polar surface area (TPSA) is 71.0 Å². The van der Waals surface area contributed by atoms with E-state index in [-0.39, 0.29) is 30.8 Å². The van der Waals surface area contributed by atoms with E-state index in [9.17, 15) is 4.79 Å². The number of carbonyl (C=O) groups is 1. The molecule has 1 amide bonds. The number of hydrogen-bond acceptors (Lipinski definition) is 5. The van der Waals surface area contributed by atoms with Gasteiger partial charge in [0.2, 0.25) is 5.91 Å². The summed E-state index contributed by atoms with van der Waals surface area (Å²) in [7, 11) is 0. The summed E-state index contributed by atoms with van der Waals surface area (Å²) in [5, 5.41) is 12.2. The molecule has 6 heteroatoms. The molecule has 0 aromatic rings. The fourth-order valence-corrected chi connectivity index (χ4v) is 2.24. The highest BCUT2D eigenvalue weighted by Crippen LogP contribution is 2.11. The maximum atomic E-state index is 12.3. The molecule has 0 radical (unpaired) electrons. The first-order valence-electron chi connectivity index (χ1n) is 6.08. The van der Waals surface area contributed by atoms with Crippen molar-refractivity contribution in [2.24, 2.45) is 0 Å². The van der Waals surface area contributed by atoms with Crippen LogP contribution in [0.4, 0.5) is 0 Å². The molecule has 2 rings (SSSR count). The summed E-state index contributed by atoms with van der Waals surface area (Å²) in [4.78, 5) is 14.0. The molecule has 6 nitrogen and oxygen atoms in total. The minimum atomic E-state index is -0.277. The molecule has 2 aliphatic heterocycles. The Morgan fingerprint density at radius 1 is 1.47 bits per heavy atom. The zero-order valence-electron chi connectivity index (χ0n) is 10.1. The van der Waals surface area contributed by atoms with Gasteiger partial charge in [0, 0.05) is 19.6 Å². The van der Waals surface area contributed by atoms with Crippen molar-refractivity contribution in [3.63, 3.8) is 0 Å². The number of rotatable bonds is 2. The van der Waals surface area contributed by atoms with E-state index >= 15 is 0 Å². The lowest BCUT2D eigenvalue weighted by molar-refractivity contribution is -0.148. The van der Waals surface area contributed by atoms with Crippen molar-refractivity contribution in [1.29, 1.82) is 0 Å². The molecule has 0 aliphatic carbocycles. The number of aliphatic hydroxyl groups excluding tert-OH is 1. The zero-order chi connectivity index (χ0) is 12.3. The first-order chi connectivity index (χ1) is 8.22. The van der Waals surface area contributed by atoms with Crippen molar-refractivity contribution in [2.75, 3.05) is 39.5 Å². The molecule has 3 atom stereocenters. The Morgan fingerprint density at radius 2 is 2.29 bits per heavy atom. The van der Waals surface area contributed by atoms with Crippen molar-refractivity contribution in [2.45, 2.75) is 25.2 Å². The first kappa shape index (κ1) is 12.8. The van der Waals surface area contributed by atoms with E-state index < -0.39 is 0 Å². The predicted octanol–water partition coefficient (Wildman–Crippen LogP) is -1.42. The number of carbonyl (C=O) groups excluding carboxylic acids is 1. The second kappa shape index (κ2) is 5.77. The molecule has 2 aliphatic rings. The van der Waals surface area contributed by atoms with Gasteiger partial charge in [0.05, 0.1) is 32.0 Å². The van der Waals surface area contributed by atoms with Crippen LogP contribution in [0.3, 0.4) is 0 Å². The molecule has 17 heavy (non-hydrogen) atoms. The van der Waals surface area contributed by atoms with Gasteiger partial charge in [-0.25, -0.2) is 0 Å². The molecule has 0 bridgehead atoms. The second-order valence-electron chi connectivity index (χ2n) is 4.47. The lowest BCUT2D eigenvalue weighted by atomic mass is 10.1. The van der Waals surface area contributed by atoms with Crippen molar-refractivity contribution in [1.82, 2.24) is 10.2 Å². The van der Waals surface area contributed by atoms with Crippen LogP contribution < -0.4 is 5.32 Å². The van der Waals surface area contributed by atoms with Gasteiger partial charge in [-0.05, 0) is 6.92 Å². The van der Waals surface area contributed by atoms with Crippen LogP contribution in [0.15, 0.2) is 0 Å². The third kappa shape index (κ3) is 2.95. The van der Waals surface area contributed by atoms with E-state index in [2.05, 4.69) is 5.32 Å². The molecule has 2 heterocycles. The standard InChI is InChI=1S/C11H20N2O4/c1-8-10(12-2-4-16-8)11(15)13-3-5-17-9(6-13)7-14/h8-10,12,14H,2-7H2,1H3/t8-,9?,10+/m1/s1. The van der Waals surface area contributed by atoms with Crippen LogP contribution in [0, 0.1) is 0 Å². The number of morpholine rings is 2. The maximum Gasteiger partial charge on any atom is 0.242 e. The molecular weight excluding hydrogens is 224 g/mol. The van der Waals surface area contributed by atoms with E-state index in [0.717, 1.165) is 0 Å². The monoisotopic (exact) mass is 244 g/mol. The third-order valence-electron chi connectivity index (χ3n) is 3.24. The highest BCUT2D eigenvalue weighted by atomic mass is 16.5. The van der Waals surface area contributed by atoms with Gasteiger partial charge in [-0.15, -0.1) is 0 Å². The number of hydrogen-bond donors (Lipinski definition) is 2. The van der Waals surface area contributed by atoms with E-state index in [1.165, 1.54) is 0 Å². The van der Waals surface area contributed by atoms with Crippen LogP contribution >= 0.6 is 0 Å². The lowest BCUT2D eigenvalue weighted by Crippen LogP contribution is -2.59. The normalized spacial score (nSPS) is 34.7. The van der Waals surface area contributed by atoms with E-state index in [4.69, 9.17) is 14.6 Å². The number of aliphatic hydroxyl groups is 1. The molecule has 98 valence electrons. The van der Waals surface area contributed by atoms with E-state index in [0.29, 0.717) is 32.8 Å². The quantitative estimate of drug-likeness (QED) is 0.624. The average Bonchev–Trinajstić information content (AvgIpc) is 2.38. The summed E-state index contributed by atoms with van der Waals surface area (Å²) in [5.74, 6) is 0.0407. The molecule has 0 aromatic carbocycles. The van der Waals surface area contributed by atoms with Crippen LogP contribution in [-0.4, -0.2) is 73.6 Å². The minimum absolute atomic E-state index is 0.0407. The van der Waals surface area contributed by atoms with E-state index in [1.54, 1.807) is 4.90 Å². The molecule has 0 spiro atoms. The molecule has 0 aromatic heterocycles. The van der Waals surface area contributed by atoms with Crippen LogP contribution in [-0.2, 0) is 14.3 Å². The first-order valence-corrected chi connectivity index (χ1v) is 6.08. The zero-order valence-corrected chi connectivity index (χ0v) is 10.1. The lowest BCUT2D eigenvalue weighted by Gasteiger charge is -2.37. The van der Waals surface area contributed by atoms with Crippen molar-refractivity contribution in [3.05, 3.63) is 0 Å². The van der Waals surface area contributed by atoms with Crippen LogP contribution in [0.1, 0.15) is 6.92 Å². The second-order valence-corrected chi connectivity index (χ2v) is 4.47. The maximum absolute atomic E-state index is 12.3. The minimum Gasteiger partial charge on any atom is -0.394 e. The fraction of sp³-hybridized carbons (Fsp3) is 0.909. The molecule has 2 saturated heterocycles. The Bertz CT molecular complexity index is 274. The highest BCUT2D eigenvalue weighted by molar-refractivity contribution is 5.82. The van der Waals surface area contributed by atoms with E-state index in [1.807, 2.05) is 6.92 Å². The molecule has 2 fully saturated rings. The van der Waals surface area contributed by atoms with Crippen molar-refractivity contribution in [3.8, 4) is 0 Å². The van der Waals surface area contributed by atoms with Gasteiger partial charge >= 0.3 is 0 Å². The van der Waals surface area contributed by atoms with Gasteiger partial charge in [-0.3, -0.25) is 4.79 Å². The number of nitrogens with one attached hydrogen (secondary N) is 1. The van der Waals surface area contributed by atoms with Crippen molar-refractivity contribution < 1.29 is 19.4 Å². The highest BCUT2D eigenvalue weighted by Gasteiger charge is 2.34. The molecule has 0 saturated carbocycles. The summed E-state index contributed by atoms with van der Waals surface area (Å²) in [6.07, 6.45) is -0.362. The smallest absolute Gasteiger partial charge is 0.242 e. The molecule has 2 N–H and O–H groups in total. The van der Waals surface area contributed by atoms with Gasteiger partial charge < -0.3 is 24.8 Å². The third-order valence-corrected chi connectivity index (χ3v) is 3.24. The Hall–Kier alpha value is -0.690. The number of amides is 1. The fourth-order valence-electron chi connectivity index (χ4n) is 2.24. The summed E-state index contributed by atoms with van der Waals surface area (Å²) < 4.78 is 10.8. The Balaban J connectivity index is 1.93. The van der Waals surface area contributed by atoms with Gasteiger partial charge in [0.25, 0.3) is 0 Å². The molecular formula is C11H20N2O4. The SMILES string of the molecule is C[C@H]1OCCN[C@@H]1C(=O)N1CCOC(CO)C1. The summed E-state index contributed by atoms with van der Waals surface area (Å²) >= 11 is 0. The van der Waals surface area contributed by atoms with Gasteiger partial charge in [0.15, 0.2) is 0 Å². The van der Waals surface area contributed by atoms with Crippen LogP contribution in [0.5, 0.6) is 0 Å². The molecule has 1 unspecified atom stereocenters. The van der Waals surface area contributed by atoms with Gasteiger partial charge in [-0.1, -0.05) is 0 Å². The summed E-state index contributed by atoms with van der Waals surface area (Å²) in [6.45, 7) is 4.73. The van der Waals surface area contributed by atoms with Gasteiger partial charge in [0.1, 0.15) is 6.04 Å². The largest absolute Gasteiger partial charge is 0.394 e. The predicted molar refractivity (Wildman–Crippen MR) is 60.6 cm³/mol.